The lowest BCUT2D eigenvalue weighted by Gasteiger charge is -2.40. The van der Waals surface area contributed by atoms with E-state index in [-0.39, 0.29) is 0 Å². The number of anilines is 1. The van der Waals surface area contributed by atoms with Gasteiger partial charge in [0.25, 0.3) is 0 Å². The lowest BCUT2D eigenvalue weighted by Crippen LogP contribution is -2.49. The lowest BCUT2D eigenvalue weighted by molar-refractivity contribution is 0.353. The maximum Gasteiger partial charge on any atom is 0.154 e. The quantitative estimate of drug-likeness (QED) is 0.720. The molecular formula is C14H16N6. The smallest absolute Gasteiger partial charge is 0.154 e. The average Bonchev–Trinajstić information content (AvgIpc) is 3.02. The number of rotatable bonds is 3. The minimum absolute atomic E-state index is 0.660. The Balaban J connectivity index is 1.49. The maximum absolute atomic E-state index is 4.50. The summed E-state index contributed by atoms with van der Waals surface area (Å²) in [5, 5.41) is 4.25. The number of nitrogens with zero attached hydrogens (tertiary/aromatic N) is 6. The van der Waals surface area contributed by atoms with Gasteiger partial charge in [-0.3, -0.25) is 0 Å². The predicted molar refractivity (Wildman–Crippen MR) is 75.7 cm³/mol. The third-order valence-corrected chi connectivity index (χ3v) is 3.94. The minimum Gasteiger partial charge on any atom is -0.354 e. The second kappa shape index (κ2) is 4.33. The Morgan fingerprint density at radius 3 is 2.80 bits per heavy atom. The molecule has 102 valence electrons. The lowest BCUT2D eigenvalue weighted by atomic mass is 10.00. The van der Waals surface area contributed by atoms with Crippen LogP contribution in [0.4, 0.5) is 5.82 Å². The van der Waals surface area contributed by atoms with Crippen molar-refractivity contribution in [2.45, 2.75) is 13.5 Å². The van der Waals surface area contributed by atoms with Gasteiger partial charge in [0.15, 0.2) is 5.82 Å². The highest BCUT2D eigenvalue weighted by atomic mass is 15.3. The minimum atomic E-state index is 0.660. The van der Waals surface area contributed by atoms with E-state index in [1.165, 1.54) is 0 Å². The molecule has 0 bridgehead atoms. The second-order valence-electron chi connectivity index (χ2n) is 5.31. The molecule has 4 rings (SSSR count). The SMILES string of the molecule is Cc1nccn1CC1CN(c2nccn3nccc23)C1. The van der Waals surface area contributed by atoms with E-state index in [9.17, 15) is 0 Å². The third kappa shape index (κ3) is 1.76. The van der Waals surface area contributed by atoms with E-state index in [4.69, 9.17) is 0 Å². The molecule has 1 aliphatic rings. The summed E-state index contributed by atoms with van der Waals surface area (Å²) in [5.74, 6) is 2.77. The van der Waals surface area contributed by atoms with Crippen molar-refractivity contribution in [1.29, 1.82) is 0 Å². The fourth-order valence-corrected chi connectivity index (χ4v) is 2.82. The largest absolute Gasteiger partial charge is 0.354 e. The van der Waals surface area contributed by atoms with Crippen molar-refractivity contribution < 1.29 is 0 Å². The van der Waals surface area contributed by atoms with Crippen molar-refractivity contribution in [3.05, 3.63) is 42.9 Å². The summed E-state index contributed by atoms with van der Waals surface area (Å²) in [6.07, 6.45) is 9.41. The molecule has 0 radical (unpaired) electrons. The van der Waals surface area contributed by atoms with Crippen LogP contribution in [0.25, 0.3) is 5.52 Å². The van der Waals surface area contributed by atoms with Crippen LogP contribution in [0.1, 0.15) is 5.82 Å². The molecule has 1 fully saturated rings. The van der Waals surface area contributed by atoms with Gasteiger partial charge in [-0.2, -0.15) is 5.10 Å². The molecule has 0 N–H and O–H groups in total. The Morgan fingerprint density at radius 2 is 2.00 bits per heavy atom. The average molecular weight is 268 g/mol. The van der Waals surface area contributed by atoms with Crippen LogP contribution >= 0.6 is 0 Å². The van der Waals surface area contributed by atoms with Crippen LogP contribution in [0.5, 0.6) is 0 Å². The highest BCUT2D eigenvalue weighted by Crippen LogP contribution is 2.27. The number of hydrogen-bond donors (Lipinski definition) is 0. The van der Waals surface area contributed by atoms with Gasteiger partial charge in [-0.25, -0.2) is 14.5 Å². The molecule has 20 heavy (non-hydrogen) atoms. The highest BCUT2D eigenvalue weighted by molar-refractivity contribution is 5.69. The van der Waals surface area contributed by atoms with Crippen LogP contribution < -0.4 is 4.90 Å². The third-order valence-electron chi connectivity index (χ3n) is 3.94. The Morgan fingerprint density at radius 1 is 1.15 bits per heavy atom. The standard InChI is InChI=1S/C14H16N6/c1-11-15-4-6-18(11)8-12-9-19(10-12)14-13-2-3-17-20(13)7-5-16-14/h2-7,12H,8-10H2,1H3. The van der Waals surface area contributed by atoms with Crippen molar-refractivity contribution in [3.8, 4) is 0 Å². The molecule has 0 aromatic carbocycles. The molecule has 0 saturated carbocycles. The number of aromatic nitrogens is 5. The number of aryl methyl sites for hydroxylation is 1. The number of fused-ring (bicyclic) bond motifs is 1. The first-order chi connectivity index (χ1) is 9.81. The Hall–Kier alpha value is -2.37. The van der Waals surface area contributed by atoms with Crippen LogP contribution in [0.3, 0.4) is 0 Å². The van der Waals surface area contributed by atoms with Crippen molar-refractivity contribution in [2.75, 3.05) is 18.0 Å². The van der Waals surface area contributed by atoms with E-state index in [2.05, 4.69) is 24.5 Å². The molecule has 4 heterocycles. The Kier molecular flexibility index (Phi) is 2.48. The van der Waals surface area contributed by atoms with Crippen LogP contribution in [-0.4, -0.2) is 37.2 Å². The zero-order chi connectivity index (χ0) is 13.5. The molecule has 0 atom stereocenters. The van der Waals surface area contributed by atoms with Crippen LogP contribution in [-0.2, 0) is 6.54 Å². The summed E-state index contributed by atoms with van der Waals surface area (Å²) in [7, 11) is 0. The molecule has 6 nitrogen and oxygen atoms in total. The van der Waals surface area contributed by atoms with Crippen molar-refractivity contribution in [2.24, 2.45) is 5.92 Å². The maximum atomic E-state index is 4.50. The summed E-state index contributed by atoms with van der Waals surface area (Å²) in [4.78, 5) is 11.1. The van der Waals surface area contributed by atoms with Crippen molar-refractivity contribution in [1.82, 2.24) is 24.1 Å². The molecule has 1 aliphatic heterocycles. The van der Waals surface area contributed by atoms with Gasteiger partial charge in [-0.05, 0) is 13.0 Å². The van der Waals surface area contributed by atoms with E-state index < -0.39 is 0 Å². The van der Waals surface area contributed by atoms with Gasteiger partial charge in [0.1, 0.15) is 11.3 Å². The fourth-order valence-electron chi connectivity index (χ4n) is 2.82. The summed E-state index contributed by atoms with van der Waals surface area (Å²) >= 11 is 0. The molecule has 0 spiro atoms. The van der Waals surface area contributed by atoms with Gasteiger partial charge in [0.05, 0.1) is 6.20 Å². The van der Waals surface area contributed by atoms with E-state index in [0.29, 0.717) is 5.92 Å². The highest BCUT2D eigenvalue weighted by Gasteiger charge is 2.29. The zero-order valence-corrected chi connectivity index (χ0v) is 11.3. The molecule has 3 aromatic heterocycles. The summed E-state index contributed by atoms with van der Waals surface area (Å²) in [6, 6.07) is 2.01. The summed E-state index contributed by atoms with van der Waals surface area (Å²) in [6.45, 7) is 5.15. The molecular weight excluding hydrogens is 252 g/mol. The van der Waals surface area contributed by atoms with E-state index in [0.717, 1.165) is 36.8 Å². The predicted octanol–water partition coefficient (Wildman–Crippen LogP) is 1.37. The second-order valence-corrected chi connectivity index (χ2v) is 5.31. The fraction of sp³-hybridized carbons (Fsp3) is 0.357. The normalized spacial score (nSPS) is 15.8. The topological polar surface area (TPSA) is 51.2 Å². The molecule has 0 unspecified atom stereocenters. The van der Waals surface area contributed by atoms with Gasteiger partial charge in [0.2, 0.25) is 0 Å². The number of imidazole rings is 1. The Bertz CT molecular complexity index is 737. The summed E-state index contributed by atoms with van der Waals surface area (Å²) < 4.78 is 4.09. The van der Waals surface area contributed by atoms with Crippen LogP contribution in [0.2, 0.25) is 0 Å². The van der Waals surface area contributed by atoms with Gasteiger partial charge in [0, 0.05) is 50.3 Å². The zero-order valence-electron chi connectivity index (χ0n) is 11.3. The summed E-state index contributed by atoms with van der Waals surface area (Å²) in [5.41, 5.74) is 1.07. The molecule has 1 saturated heterocycles. The van der Waals surface area contributed by atoms with Gasteiger partial charge < -0.3 is 9.47 Å². The van der Waals surface area contributed by atoms with E-state index in [1.807, 2.05) is 48.5 Å². The van der Waals surface area contributed by atoms with E-state index >= 15 is 0 Å². The van der Waals surface area contributed by atoms with Gasteiger partial charge in [-0.15, -0.1) is 0 Å². The Labute approximate surface area is 116 Å². The molecule has 0 aliphatic carbocycles. The first-order valence-corrected chi connectivity index (χ1v) is 6.82. The number of hydrogen-bond acceptors (Lipinski definition) is 4. The molecule has 0 amide bonds. The van der Waals surface area contributed by atoms with Crippen molar-refractivity contribution >= 4 is 11.3 Å². The van der Waals surface area contributed by atoms with Gasteiger partial charge in [-0.1, -0.05) is 0 Å². The van der Waals surface area contributed by atoms with E-state index in [1.54, 1.807) is 0 Å². The first kappa shape index (κ1) is 11.5. The van der Waals surface area contributed by atoms with Crippen LogP contribution in [0.15, 0.2) is 37.1 Å². The molecule has 6 heteroatoms. The first-order valence-electron chi connectivity index (χ1n) is 6.82. The van der Waals surface area contributed by atoms with Crippen LogP contribution in [0, 0.1) is 12.8 Å². The monoisotopic (exact) mass is 268 g/mol. The van der Waals surface area contributed by atoms with Gasteiger partial charge >= 0.3 is 0 Å². The van der Waals surface area contributed by atoms with Crippen molar-refractivity contribution in [3.63, 3.8) is 0 Å². The molecule has 3 aromatic rings.